The molecule has 0 aliphatic heterocycles. The largest absolute Gasteiger partial charge is 0.354 e. The normalized spacial score (nSPS) is 14.6. The molecule has 1 aliphatic rings. The first-order valence-corrected chi connectivity index (χ1v) is 10.2. The van der Waals surface area contributed by atoms with Crippen LogP contribution in [0.5, 0.6) is 0 Å². The summed E-state index contributed by atoms with van der Waals surface area (Å²) in [4.78, 5) is 15.8. The number of amides is 1. The van der Waals surface area contributed by atoms with E-state index in [9.17, 15) is 9.00 Å². The van der Waals surface area contributed by atoms with E-state index in [0.29, 0.717) is 18.1 Å². The molecule has 1 unspecified atom stereocenters. The predicted octanol–water partition coefficient (Wildman–Crippen LogP) is 3.82. The minimum Gasteiger partial charge on any atom is -0.354 e. The predicted molar refractivity (Wildman–Crippen MR) is 105 cm³/mol. The van der Waals surface area contributed by atoms with Gasteiger partial charge in [0.05, 0.1) is 21.4 Å². The zero-order valence-corrected chi connectivity index (χ0v) is 16.4. The Balaban J connectivity index is 1.95. The average Bonchev–Trinajstić information content (AvgIpc) is 3.44. The van der Waals surface area contributed by atoms with Crippen molar-refractivity contribution >= 4 is 46.0 Å². The molecule has 1 fully saturated rings. The van der Waals surface area contributed by atoms with Gasteiger partial charge in [-0.25, -0.2) is 4.98 Å². The number of aromatic nitrogens is 1. The molecule has 1 heterocycles. The molecule has 1 atom stereocenters. The molecule has 0 spiro atoms. The summed E-state index contributed by atoms with van der Waals surface area (Å²) in [6.45, 7) is 1.87. The molecular formula is C18H21ClN4O2S. The Morgan fingerprint density at radius 1 is 1.31 bits per heavy atom. The SMILES string of the molecule is Cc1c(Nc2ccc(C3CC3)cc2S(C)=O)cc(Cl)nc1NN(C)C=O. The first-order chi connectivity index (χ1) is 12.4. The van der Waals surface area contributed by atoms with Gasteiger partial charge >= 0.3 is 0 Å². The van der Waals surface area contributed by atoms with Crippen LogP contribution in [-0.2, 0) is 15.6 Å². The fraction of sp³-hybridized carbons (Fsp3) is 0.333. The van der Waals surface area contributed by atoms with E-state index in [2.05, 4.69) is 21.8 Å². The van der Waals surface area contributed by atoms with E-state index in [-0.39, 0.29) is 5.15 Å². The molecule has 2 N–H and O–H groups in total. The van der Waals surface area contributed by atoms with E-state index in [1.807, 2.05) is 19.1 Å². The zero-order valence-electron chi connectivity index (χ0n) is 14.9. The Bertz CT molecular complexity index is 871. The minimum absolute atomic E-state index is 0.286. The van der Waals surface area contributed by atoms with Gasteiger partial charge in [-0.05, 0) is 49.4 Å². The van der Waals surface area contributed by atoms with Gasteiger partial charge in [0.1, 0.15) is 5.15 Å². The van der Waals surface area contributed by atoms with E-state index in [1.54, 1.807) is 19.4 Å². The van der Waals surface area contributed by atoms with Crippen molar-refractivity contribution in [2.45, 2.75) is 30.6 Å². The number of anilines is 3. The van der Waals surface area contributed by atoms with Crippen LogP contribution in [0.2, 0.25) is 5.15 Å². The van der Waals surface area contributed by atoms with E-state index < -0.39 is 10.8 Å². The summed E-state index contributed by atoms with van der Waals surface area (Å²) in [5.41, 5.74) is 6.40. The molecule has 8 heteroatoms. The molecule has 0 radical (unpaired) electrons. The molecular weight excluding hydrogens is 372 g/mol. The number of hydrogen-bond acceptors (Lipinski definition) is 5. The van der Waals surface area contributed by atoms with Crippen molar-refractivity contribution in [3.05, 3.63) is 40.5 Å². The summed E-state index contributed by atoms with van der Waals surface area (Å²) in [5.74, 6) is 1.07. The molecule has 1 amide bonds. The van der Waals surface area contributed by atoms with Gasteiger partial charge in [-0.1, -0.05) is 17.7 Å². The van der Waals surface area contributed by atoms with Crippen molar-refractivity contribution in [1.29, 1.82) is 0 Å². The maximum Gasteiger partial charge on any atom is 0.227 e. The van der Waals surface area contributed by atoms with Crippen LogP contribution in [0.3, 0.4) is 0 Å². The van der Waals surface area contributed by atoms with Crippen molar-refractivity contribution in [3.63, 3.8) is 0 Å². The van der Waals surface area contributed by atoms with Crippen LogP contribution in [-0.4, -0.2) is 33.9 Å². The van der Waals surface area contributed by atoms with Crippen molar-refractivity contribution < 1.29 is 9.00 Å². The third-order valence-electron chi connectivity index (χ3n) is 4.32. The van der Waals surface area contributed by atoms with Crippen LogP contribution in [0.15, 0.2) is 29.2 Å². The standard InChI is InChI=1S/C18H21ClN4O2S/c1-11-15(9-17(19)21-18(11)22-23(2)10-24)20-14-7-6-13(12-4-5-12)8-16(14)26(3)25/h6-10,12H,4-5H2,1-3H3,(H2,20,21,22). The maximum absolute atomic E-state index is 12.2. The number of hydrazine groups is 1. The van der Waals surface area contributed by atoms with Crippen LogP contribution in [0.1, 0.15) is 29.9 Å². The first-order valence-electron chi connectivity index (χ1n) is 8.25. The molecule has 6 nitrogen and oxygen atoms in total. The third kappa shape index (κ3) is 4.16. The second-order valence-corrected chi connectivity index (χ2v) is 8.14. The molecule has 3 rings (SSSR count). The number of benzene rings is 1. The van der Waals surface area contributed by atoms with Crippen molar-refractivity contribution in [2.24, 2.45) is 0 Å². The second kappa shape index (κ2) is 7.63. The van der Waals surface area contributed by atoms with Crippen molar-refractivity contribution in [1.82, 2.24) is 9.99 Å². The number of hydrogen-bond donors (Lipinski definition) is 2. The van der Waals surface area contributed by atoms with Gasteiger partial charge in [0.25, 0.3) is 0 Å². The molecule has 0 bridgehead atoms. The minimum atomic E-state index is -1.12. The highest BCUT2D eigenvalue weighted by molar-refractivity contribution is 7.84. The lowest BCUT2D eigenvalue weighted by molar-refractivity contribution is -0.115. The van der Waals surface area contributed by atoms with Gasteiger partial charge in [0.2, 0.25) is 6.41 Å². The Morgan fingerprint density at radius 2 is 2.04 bits per heavy atom. The van der Waals surface area contributed by atoms with Crippen LogP contribution in [0.4, 0.5) is 17.2 Å². The van der Waals surface area contributed by atoms with Gasteiger partial charge in [-0.2, -0.15) is 0 Å². The first kappa shape index (κ1) is 18.7. The van der Waals surface area contributed by atoms with E-state index in [0.717, 1.165) is 21.8 Å². The summed E-state index contributed by atoms with van der Waals surface area (Å²) in [6, 6.07) is 7.77. The Kier molecular flexibility index (Phi) is 5.48. The molecule has 1 aromatic carbocycles. The highest BCUT2D eigenvalue weighted by atomic mass is 35.5. The van der Waals surface area contributed by atoms with Gasteiger partial charge in [-0.3, -0.25) is 19.4 Å². The van der Waals surface area contributed by atoms with E-state index in [4.69, 9.17) is 11.6 Å². The second-order valence-electron chi connectivity index (χ2n) is 6.40. The highest BCUT2D eigenvalue weighted by Crippen LogP contribution is 2.42. The van der Waals surface area contributed by atoms with Gasteiger partial charge < -0.3 is 5.32 Å². The van der Waals surface area contributed by atoms with Crippen LogP contribution in [0.25, 0.3) is 0 Å². The molecule has 2 aromatic rings. The fourth-order valence-corrected chi connectivity index (χ4v) is 3.63. The fourth-order valence-electron chi connectivity index (χ4n) is 2.71. The van der Waals surface area contributed by atoms with Crippen LogP contribution < -0.4 is 10.7 Å². The summed E-state index contributed by atoms with van der Waals surface area (Å²) in [6.07, 6.45) is 4.71. The topological polar surface area (TPSA) is 74.3 Å². The smallest absolute Gasteiger partial charge is 0.227 e. The molecule has 1 aliphatic carbocycles. The average molecular weight is 393 g/mol. The molecule has 1 aromatic heterocycles. The maximum atomic E-state index is 12.2. The quantitative estimate of drug-likeness (QED) is 0.425. The summed E-state index contributed by atoms with van der Waals surface area (Å²) in [5, 5.41) is 4.86. The number of rotatable bonds is 7. The highest BCUT2D eigenvalue weighted by Gasteiger charge is 2.24. The van der Waals surface area contributed by atoms with Gasteiger partial charge in [-0.15, -0.1) is 0 Å². The zero-order chi connectivity index (χ0) is 18.8. The van der Waals surface area contributed by atoms with E-state index in [1.165, 1.54) is 23.4 Å². The molecule has 1 saturated carbocycles. The van der Waals surface area contributed by atoms with Gasteiger partial charge in [0.15, 0.2) is 5.82 Å². The number of nitrogens with zero attached hydrogens (tertiary/aromatic N) is 2. The molecule has 138 valence electrons. The third-order valence-corrected chi connectivity index (χ3v) is 5.47. The number of halogens is 1. The lowest BCUT2D eigenvalue weighted by atomic mass is 10.1. The number of carbonyl (C=O) groups is 1. The van der Waals surface area contributed by atoms with Crippen molar-refractivity contribution in [2.75, 3.05) is 24.0 Å². The Hall–Kier alpha value is -2.12. The van der Waals surface area contributed by atoms with Crippen molar-refractivity contribution in [3.8, 4) is 0 Å². The summed E-state index contributed by atoms with van der Waals surface area (Å²) < 4.78 is 12.2. The summed E-state index contributed by atoms with van der Waals surface area (Å²) >= 11 is 6.13. The lowest BCUT2D eigenvalue weighted by Gasteiger charge is -2.19. The molecule has 26 heavy (non-hydrogen) atoms. The molecule has 0 saturated heterocycles. The van der Waals surface area contributed by atoms with Crippen LogP contribution >= 0.6 is 11.6 Å². The Morgan fingerprint density at radius 3 is 2.65 bits per heavy atom. The number of nitrogens with one attached hydrogen (secondary N) is 2. The van der Waals surface area contributed by atoms with Crippen LogP contribution in [0, 0.1) is 6.92 Å². The summed E-state index contributed by atoms with van der Waals surface area (Å²) in [7, 11) is 0.458. The number of pyridine rings is 1. The monoisotopic (exact) mass is 392 g/mol. The number of carbonyl (C=O) groups excluding carboxylic acids is 1. The van der Waals surface area contributed by atoms with E-state index >= 15 is 0 Å². The Labute approximate surface area is 160 Å². The lowest BCUT2D eigenvalue weighted by Crippen LogP contribution is -2.24. The van der Waals surface area contributed by atoms with Gasteiger partial charge in [0, 0.05) is 24.6 Å².